The topological polar surface area (TPSA) is 100 Å². The van der Waals surface area contributed by atoms with E-state index in [9.17, 15) is 14.0 Å². The average molecular weight is 396 g/mol. The Hall–Kier alpha value is -3.59. The lowest BCUT2D eigenvalue weighted by Gasteiger charge is -2.00. The lowest BCUT2D eigenvalue weighted by atomic mass is 10.2. The van der Waals surface area contributed by atoms with Gasteiger partial charge in [0.1, 0.15) is 5.82 Å². The molecule has 0 spiro atoms. The standard InChI is InChI=1S/C19H13FN4O3S/c1-10-14(17(25)24(23-10)13-5-3-12(20)4-6-13)9-21-19-22-15-7-2-11(18(26)27)8-16(15)28-19/h2-9,23H,1H3,(H,26,27)/b21-9+. The third kappa shape index (κ3) is 3.23. The summed E-state index contributed by atoms with van der Waals surface area (Å²) in [5.41, 5.74) is 1.96. The maximum Gasteiger partial charge on any atom is 0.335 e. The first kappa shape index (κ1) is 17.8. The second kappa shape index (κ2) is 6.86. The van der Waals surface area contributed by atoms with Gasteiger partial charge in [-0.3, -0.25) is 9.89 Å². The Morgan fingerprint density at radius 2 is 2.04 bits per heavy atom. The zero-order valence-corrected chi connectivity index (χ0v) is 15.3. The summed E-state index contributed by atoms with van der Waals surface area (Å²) in [5.74, 6) is -1.40. The van der Waals surface area contributed by atoms with Crippen LogP contribution >= 0.6 is 11.3 Å². The first-order valence-corrected chi connectivity index (χ1v) is 8.99. The van der Waals surface area contributed by atoms with Gasteiger partial charge in [0.2, 0.25) is 5.13 Å². The second-order valence-corrected chi connectivity index (χ2v) is 7.02. The molecule has 28 heavy (non-hydrogen) atoms. The Morgan fingerprint density at radius 1 is 1.29 bits per heavy atom. The number of aryl methyl sites for hydroxylation is 1. The van der Waals surface area contributed by atoms with Crippen molar-refractivity contribution in [3.8, 4) is 5.69 Å². The number of halogens is 1. The van der Waals surface area contributed by atoms with Crippen LogP contribution in [0.25, 0.3) is 15.9 Å². The number of hydrogen-bond donors (Lipinski definition) is 2. The maximum atomic E-state index is 13.1. The van der Waals surface area contributed by atoms with E-state index in [1.165, 1.54) is 58.6 Å². The van der Waals surface area contributed by atoms with Crippen LogP contribution in [-0.2, 0) is 0 Å². The van der Waals surface area contributed by atoms with E-state index < -0.39 is 5.97 Å². The highest BCUT2D eigenvalue weighted by molar-refractivity contribution is 7.22. The first-order valence-electron chi connectivity index (χ1n) is 8.18. The van der Waals surface area contributed by atoms with E-state index in [1.54, 1.807) is 13.0 Å². The van der Waals surface area contributed by atoms with Crippen molar-refractivity contribution in [1.82, 2.24) is 14.8 Å². The van der Waals surface area contributed by atoms with Gasteiger partial charge in [-0.1, -0.05) is 11.3 Å². The molecule has 2 heterocycles. The number of H-pyrrole nitrogens is 1. The number of carbonyl (C=O) groups is 1. The Morgan fingerprint density at radius 3 is 2.75 bits per heavy atom. The van der Waals surface area contributed by atoms with Crippen LogP contribution in [0.4, 0.5) is 9.52 Å². The Labute approximate surface area is 161 Å². The molecule has 0 fully saturated rings. The zero-order valence-electron chi connectivity index (χ0n) is 14.5. The molecule has 4 aromatic rings. The molecule has 0 aliphatic carbocycles. The monoisotopic (exact) mass is 396 g/mol. The van der Waals surface area contributed by atoms with Gasteiger partial charge in [0.25, 0.3) is 5.56 Å². The van der Waals surface area contributed by atoms with Crippen LogP contribution in [-0.4, -0.2) is 32.1 Å². The van der Waals surface area contributed by atoms with Crippen molar-refractivity contribution in [2.24, 2.45) is 4.99 Å². The van der Waals surface area contributed by atoms with Gasteiger partial charge in [0.05, 0.1) is 27.0 Å². The van der Waals surface area contributed by atoms with Gasteiger partial charge in [-0.15, -0.1) is 0 Å². The SMILES string of the molecule is Cc1[nH]n(-c2ccc(F)cc2)c(=O)c1/C=N/c1nc2ccc(C(=O)O)cc2s1. The number of aliphatic imine (C=N–C) groups is 1. The Kier molecular flexibility index (Phi) is 4.36. The molecule has 140 valence electrons. The molecule has 2 aromatic carbocycles. The number of carboxylic acids is 1. The number of fused-ring (bicyclic) bond motifs is 1. The van der Waals surface area contributed by atoms with E-state index in [1.807, 2.05) is 0 Å². The largest absolute Gasteiger partial charge is 0.478 e. The van der Waals surface area contributed by atoms with E-state index in [0.29, 0.717) is 32.3 Å². The average Bonchev–Trinajstić information content (AvgIpc) is 3.20. The van der Waals surface area contributed by atoms with E-state index in [-0.39, 0.29) is 16.9 Å². The highest BCUT2D eigenvalue weighted by atomic mass is 32.1. The second-order valence-electron chi connectivity index (χ2n) is 6.01. The van der Waals surface area contributed by atoms with E-state index in [2.05, 4.69) is 15.1 Å². The minimum absolute atomic E-state index is 0.176. The Bertz CT molecular complexity index is 1280. The van der Waals surface area contributed by atoms with Crippen LogP contribution in [0.15, 0.2) is 52.3 Å². The molecule has 0 aliphatic rings. The minimum Gasteiger partial charge on any atom is -0.478 e. The number of thiazole rings is 1. The van der Waals surface area contributed by atoms with Crippen LogP contribution in [0.5, 0.6) is 0 Å². The summed E-state index contributed by atoms with van der Waals surface area (Å²) < 4.78 is 15.1. The van der Waals surface area contributed by atoms with Gasteiger partial charge >= 0.3 is 5.97 Å². The summed E-state index contributed by atoms with van der Waals surface area (Å²) in [4.78, 5) is 32.3. The number of aromatic nitrogens is 3. The van der Waals surface area contributed by atoms with Gasteiger partial charge in [-0.25, -0.2) is 23.8 Å². The zero-order chi connectivity index (χ0) is 19.8. The highest BCUT2D eigenvalue weighted by Gasteiger charge is 2.12. The summed E-state index contributed by atoms with van der Waals surface area (Å²) in [6, 6.07) is 10.2. The van der Waals surface area contributed by atoms with E-state index in [0.717, 1.165) is 0 Å². The molecule has 0 bridgehead atoms. The van der Waals surface area contributed by atoms with Crippen molar-refractivity contribution in [3.05, 3.63) is 75.5 Å². The molecule has 0 amide bonds. The third-order valence-electron chi connectivity index (χ3n) is 4.13. The van der Waals surface area contributed by atoms with Crippen LogP contribution in [0, 0.1) is 12.7 Å². The maximum absolute atomic E-state index is 13.1. The summed E-state index contributed by atoms with van der Waals surface area (Å²) in [5, 5.41) is 12.4. The van der Waals surface area contributed by atoms with Crippen molar-refractivity contribution >= 4 is 38.9 Å². The van der Waals surface area contributed by atoms with E-state index >= 15 is 0 Å². The summed E-state index contributed by atoms with van der Waals surface area (Å²) >= 11 is 1.23. The summed E-state index contributed by atoms with van der Waals surface area (Å²) in [6.45, 7) is 1.74. The fourth-order valence-corrected chi connectivity index (χ4v) is 3.55. The van der Waals surface area contributed by atoms with Crippen molar-refractivity contribution in [2.45, 2.75) is 6.92 Å². The van der Waals surface area contributed by atoms with Gasteiger partial charge in [0.15, 0.2) is 0 Å². The molecular formula is C19H13FN4O3S. The Balaban J connectivity index is 1.68. The van der Waals surface area contributed by atoms with Crippen molar-refractivity contribution in [1.29, 1.82) is 0 Å². The number of carboxylic acid groups (broad SMARTS) is 1. The van der Waals surface area contributed by atoms with Crippen LogP contribution in [0.2, 0.25) is 0 Å². The molecule has 2 N–H and O–H groups in total. The molecule has 9 heteroatoms. The molecule has 0 radical (unpaired) electrons. The number of aromatic carboxylic acids is 1. The van der Waals surface area contributed by atoms with Crippen molar-refractivity contribution < 1.29 is 14.3 Å². The quantitative estimate of drug-likeness (QED) is 0.514. The van der Waals surface area contributed by atoms with Crippen LogP contribution in [0.1, 0.15) is 21.6 Å². The predicted molar refractivity (Wildman–Crippen MR) is 105 cm³/mol. The molecule has 0 saturated heterocycles. The predicted octanol–water partition coefficient (Wildman–Crippen LogP) is 3.67. The summed E-state index contributed by atoms with van der Waals surface area (Å²) in [7, 11) is 0. The lowest BCUT2D eigenvalue weighted by Crippen LogP contribution is -2.17. The molecule has 2 aromatic heterocycles. The van der Waals surface area contributed by atoms with Gasteiger partial charge < -0.3 is 5.11 Å². The van der Waals surface area contributed by atoms with Gasteiger partial charge in [-0.05, 0) is 49.4 Å². The van der Waals surface area contributed by atoms with Crippen molar-refractivity contribution in [3.63, 3.8) is 0 Å². The molecule has 4 rings (SSSR count). The number of benzene rings is 2. The number of aromatic amines is 1. The highest BCUT2D eigenvalue weighted by Crippen LogP contribution is 2.28. The lowest BCUT2D eigenvalue weighted by molar-refractivity contribution is 0.0697. The minimum atomic E-state index is -1.01. The molecular weight excluding hydrogens is 383 g/mol. The number of hydrogen-bond acceptors (Lipinski definition) is 5. The smallest absolute Gasteiger partial charge is 0.335 e. The fourth-order valence-electron chi connectivity index (χ4n) is 2.70. The van der Waals surface area contributed by atoms with Crippen LogP contribution < -0.4 is 5.56 Å². The number of rotatable bonds is 4. The molecule has 7 nitrogen and oxygen atoms in total. The molecule has 0 saturated carbocycles. The van der Waals surface area contributed by atoms with Crippen LogP contribution in [0.3, 0.4) is 0 Å². The number of nitrogens with zero attached hydrogens (tertiary/aromatic N) is 3. The first-order chi connectivity index (χ1) is 13.4. The van der Waals surface area contributed by atoms with Gasteiger partial charge in [0, 0.05) is 11.9 Å². The van der Waals surface area contributed by atoms with E-state index in [4.69, 9.17) is 5.11 Å². The van der Waals surface area contributed by atoms with Crippen molar-refractivity contribution in [2.75, 3.05) is 0 Å². The third-order valence-corrected chi connectivity index (χ3v) is 5.06. The van der Waals surface area contributed by atoms with Gasteiger partial charge in [-0.2, -0.15) is 0 Å². The fraction of sp³-hybridized carbons (Fsp3) is 0.0526. The normalized spacial score (nSPS) is 11.5. The number of nitrogens with one attached hydrogen (secondary N) is 1. The molecule has 0 unspecified atom stereocenters. The summed E-state index contributed by atoms with van der Waals surface area (Å²) in [6.07, 6.45) is 1.42. The molecule has 0 atom stereocenters. The molecule has 0 aliphatic heterocycles.